The van der Waals surface area contributed by atoms with E-state index in [9.17, 15) is 18.4 Å². The maximum absolute atomic E-state index is 13.5. The molecule has 1 aliphatic carbocycles. The number of hydrogen-bond donors (Lipinski definition) is 2. The number of rotatable bonds is 6. The minimum absolute atomic E-state index is 0.0497. The highest BCUT2D eigenvalue weighted by Gasteiger charge is 2.30. The van der Waals surface area contributed by atoms with E-state index in [-0.39, 0.29) is 29.0 Å². The maximum Gasteiger partial charge on any atom is 0.255 e. The van der Waals surface area contributed by atoms with Crippen LogP contribution in [-0.2, 0) is 11.3 Å². The number of carbonyl (C=O) groups is 2. The summed E-state index contributed by atoms with van der Waals surface area (Å²) in [7, 11) is 0. The fourth-order valence-electron chi connectivity index (χ4n) is 4.23. The molecule has 0 aliphatic heterocycles. The van der Waals surface area contributed by atoms with Crippen LogP contribution in [0.5, 0.6) is 0 Å². The second kappa shape index (κ2) is 10.8. The molecule has 0 bridgehead atoms. The molecule has 3 rings (SSSR count). The molecule has 2 amide bonds. The van der Waals surface area contributed by atoms with Crippen molar-refractivity contribution in [3.63, 3.8) is 0 Å². The predicted octanol–water partition coefficient (Wildman–Crippen LogP) is 5.91. The number of nitrogens with one attached hydrogen (secondary N) is 1. The quantitative estimate of drug-likeness (QED) is 0.527. The van der Waals surface area contributed by atoms with Gasteiger partial charge in [-0.1, -0.05) is 32.4 Å². The summed E-state index contributed by atoms with van der Waals surface area (Å²) < 4.78 is 27.0. The van der Waals surface area contributed by atoms with Crippen molar-refractivity contribution in [3.05, 3.63) is 64.2 Å². The van der Waals surface area contributed by atoms with Crippen LogP contribution in [0, 0.1) is 17.0 Å². The molecule has 1 aliphatic rings. The SMILES string of the molecule is CC(C)(C)CC(=O)N(Cc1cc(NC(=O)c2cc(F)cc(F)c2)ccc1Cl)C1CCC(N)CC1. The van der Waals surface area contributed by atoms with E-state index in [2.05, 4.69) is 5.32 Å². The molecule has 2 aromatic carbocycles. The lowest BCUT2D eigenvalue weighted by Gasteiger charge is -2.37. The van der Waals surface area contributed by atoms with Gasteiger partial charge in [0, 0.05) is 47.4 Å². The second-order valence-corrected chi connectivity index (χ2v) is 10.7. The van der Waals surface area contributed by atoms with Crippen LogP contribution >= 0.6 is 11.6 Å². The molecule has 0 aromatic heterocycles. The first-order valence-corrected chi connectivity index (χ1v) is 11.9. The van der Waals surface area contributed by atoms with Gasteiger partial charge in [0.15, 0.2) is 0 Å². The topological polar surface area (TPSA) is 75.4 Å². The first-order valence-electron chi connectivity index (χ1n) is 11.5. The minimum atomic E-state index is -0.831. The van der Waals surface area contributed by atoms with Crippen molar-refractivity contribution in [2.45, 2.75) is 71.5 Å². The van der Waals surface area contributed by atoms with Gasteiger partial charge in [-0.25, -0.2) is 8.78 Å². The molecule has 0 atom stereocenters. The van der Waals surface area contributed by atoms with Gasteiger partial charge in [-0.2, -0.15) is 0 Å². The highest BCUT2D eigenvalue weighted by Crippen LogP contribution is 2.30. The summed E-state index contributed by atoms with van der Waals surface area (Å²) in [6.45, 7) is 6.38. The number of amides is 2. The largest absolute Gasteiger partial charge is 0.335 e. The van der Waals surface area contributed by atoms with Gasteiger partial charge >= 0.3 is 0 Å². The molecular formula is C26H32ClF2N3O2. The van der Waals surface area contributed by atoms with Crippen LogP contribution in [-0.4, -0.2) is 28.8 Å². The highest BCUT2D eigenvalue weighted by atomic mass is 35.5. The van der Waals surface area contributed by atoms with E-state index in [0.29, 0.717) is 35.3 Å². The summed E-state index contributed by atoms with van der Waals surface area (Å²) in [4.78, 5) is 27.7. The van der Waals surface area contributed by atoms with E-state index in [0.717, 1.165) is 37.8 Å². The lowest BCUT2D eigenvalue weighted by atomic mass is 9.88. The molecule has 0 unspecified atom stereocenters. The third kappa shape index (κ3) is 7.24. The van der Waals surface area contributed by atoms with Gasteiger partial charge in [0.1, 0.15) is 11.6 Å². The zero-order valence-electron chi connectivity index (χ0n) is 19.8. The second-order valence-electron chi connectivity index (χ2n) is 10.2. The van der Waals surface area contributed by atoms with E-state index in [1.807, 2.05) is 25.7 Å². The number of anilines is 1. The summed E-state index contributed by atoms with van der Waals surface area (Å²) >= 11 is 6.47. The van der Waals surface area contributed by atoms with Crippen LogP contribution in [0.3, 0.4) is 0 Å². The Hall–Kier alpha value is -2.51. The number of hydrogen-bond acceptors (Lipinski definition) is 3. The smallest absolute Gasteiger partial charge is 0.255 e. The van der Waals surface area contributed by atoms with E-state index in [1.54, 1.807) is 18.2 Å². The Kier molecular flexibility index (Phi) is 8.31. The van der Waals surface area contributed by atoms with Crippen molar-refractivity contribution >= 4 is 29.1 Å². The van der Waals surface area contributed by atoms with Crippen molar-refractivity contribution in [3.8, 4) is 0 Å². The summed E-state index contributed by atoms with van der Waals surface area (Å²) in [5.41, 5.74) is 6.88. The number of carbonyl (C=O) groups excluding carboxylic acids is 2. The van der Waals surface area contributed by atoms with Crippen LogP contribution < -0.4 is 11.1 Å². The lowest BCUT2D eigenvalue weighted by molar-refractivity contribution is -0.137. The molecule has 0 radical (unpaired) electrons. The van der Waals surface area contributed by atoms with Crippen LogP contribution in [0.1, 0.15) is 68.8 Å². The first-order chi connectivity index (χ1) is 15.9. The van der Waals surface area contributed by atoms with E-state index >= 15 is 0 Å². The van der Waals surface area contributed by atoms with Crippen molar-refractivity contribution in [2.75, 3.05) is 5.32 Å². The lowest BCUT2D eigenvalue weighted by Crippen LogP contribution is -2.44. The third-order valence-electron chi connectivity index (χ3n) is 5.95. The molecule has 34 heavy (non-hydrogen) atoms. The fourth-order valence-corrected chi connectivity index (χ4v) is 4.41. The molecule has 1 saturated carbocycles. The maximum atomic E-state index is 13.5. The Morgan fingerprint density at radius 3 is 2.26 bits per heavy atom. The predicted molar refractivity (Wildman–Crippen MR) is 131 cm³/mol. The van der Waals surface area contributed by atoms with Gasteiger partial charge in [-0.05, 0) is 67.0 Å². The zero-order valence-corrected chi connectivity index (χ0v) is 20.6. The van der Waals surface area contributed by atoms with Crippen LogP contribution in [0.15, 0.2) is 36.4 Å². The van der Waals surface area contributed by atoms with Gasteiger partial charge in [0.25, 0.3) is 5.91 Å². The molecule has 1 fully saturated rings. The molecule has 0 heterocycles. The highest BCUT2D eigenvalue weighted by molar-refractivity contribution is 6.31. The van der Waals surface area contributed by atoms with Crippen molar-refractivity contribution < 1.29 is 18.4 Å². The Morgan fingerprint density at radius 1 is 1.06 bits per heavy atom. The standard InChI is InChI=1S/C26H32ClF2N3O2/c1-26(2,3)14-24(33)32(22-7-4-20(30)5-8-22)15-17-12-21(6-9-23(17)27)31-25(34)16-10-18(28)13-19(29)11-16/h6,9-13,20,22H,4-5,7-8,14-15,30H2,1-3H3,(H,31,34). The zero-order chi connectivity index (χ0) is 25.0. The number of nitrogens with zero attached hydrogens (tertiary/aromatic N) is 1. The Balaban J connectivity index is 1.82. The summed E-state index contributed by atoms with van der Waals surface area (Å²) in [5, 5.41) is 3.12. The average Bonchev–Trinajstić information content (AvgIpc) is 2.73. The van der Waals surface area contributed by atoms with Gasteiger partial charge in [-0.15, -0.1) is 0 Å². The van der Waals surface area contributed by atoms with E-state index < -0.39 is 17.5 Å². The van der Waals surface area contributed by atoms with Crippen LogP contribution in [0.2, 0.25) is 5.02 Å². The van der Waals surface area contributed by atoms with Crippen molar-refractivity contribution in [1.29, 1.82) is 0 Å². The molecule has 0 spiro atoms. The van der Waals surface area contributed by atoms with Crippen LogP contribution in [0.4, 0.5) is 14.5 Å². The number of benzene rings is 2. The fraction of sp³-hybridized carbons (Fsp3) is 0.462. The molecule has 8 heteroatoms. The van der Waals surface area contributed by atoms with Gasteiger partial charge in [0.2, 0.25) is 5.91 Å². The van der Waals surface area contributed by atoms with E-state index in [4.69, 9.17) is 17.3 Å². The Labute approximate surface area is 204 Å². The van der Waals surface area contributed by atoms with Crippen molar-refractivity contribution in [2.24, 2.45) is 11.1 Å². The molecule has 5 nitrogen and oxygen atoms in total. The van der Waals surface area contributed by atoms with Gasteiger partial charge < -0.3 is 16.0 Å². The normalized spacial score (nSPS) is 18.4. The average molecular weight is 492 g/mol. The summed E-state index contributed by atoms with van der Waals surface area (Å²) in [5.74, 6) is -2.26. The van der Waals surface area contributed by atoms with Crippen LogP contribution in [0.25, 0.3) is 0 Å². The van der Waals surface area contributed by atoms with Gasteiger partial charge in [-0.3, -0.25) is 9.59 Å². The number of nitrogens with two attached hydrogens (primary N) is 1. The molecular weight excluding hydrogens is 460 g/mol. The molecule has 3 N–H and O–H groups in total. The van der Waals surface area contributed by atoms with Gasteiger partial charge in [0.05, 0.1) is 0 Å². The van der Waals surface area contributed by atoms with E-state index in [1.165, 1.54) is 0 Å². The third-order valence-corrected chi connectivity index (χ3v) is 6.32. The molecule has 184 valence electrons. The van der Waals surface area contributed by atoms with Crippen molar-refractivity contribution in [1.82, 2.24) is 4.90 Å². The number of halogens is 3. The Morgan fingerprint density at radius 2 is 1.68 bits per heavy atom. The Bertz CT molecular complexity index is 1030. The minimum Gasteiger partial charge on any atom is -0.335 e. The molecule has 0 saturated heterocycles. The monoisotopic (exact) mass is 491 g/mol. The first kappa shape index (κ1) is 26.1. The molecule has 2 aromatic rings. The summed E-state index contributed by atoms with van der Waals surface area (Å²) in [6.07, 6.45) is 3.77. The summed E-state index contributed by atoms with van der Waals surface area (Å²) in [6, 6.07) is 7.82.